The van der Waals surface area contributed by atoms with Crippen LogP contribution in [-0.4, -0.2) is 26.7 Å². The molecule has 6 heteroatoms. The molecule has 5 nitrogen and oxygen atoms in total. The van der Waals surface area contributed by atoms with E-state index in [1.165, 1.54) is 11.3 Å². The Morgan fingerprint density at radius 3 is 2.61 bits per heavy atom. The zero-order chi connectivity index (χ0) is 19.5. The second kappa shape index (κ2) is 8.02. The zero-order valence-electron chi connectivity index (χ0n) is 16.1. The molecule has 2 atom stereocenters. The summed E-state index contributed by atoms with van der Waals surface area (Å²) in [7, 11) is 1.68. The van der Waals surface area contributed by atoms with Crippen LogP contribution in [0.3, 0.4) is 0 Å². The van der Waals surface area contributed by atoms with E-state index in [9.17, 15) is 0 Å². The molecule has 0 amide bonds. The smallest absolute Gasteiger partial charge is 0.170 e. The fourth-order valence-corrected chi connectivity index (χ4v) is 4.11. The topological polar surface area (TPSA) is 42.3 Å². The van der Waals surface area contributed by atoms with Gasteiger partial charge in [-0.1, -0.05) is 18.2 Å². The van der Waals surface area contributed by atoms with Crippen molar-refractivity contribution in [3.63, 3.8) is 0 Å². The molecule has 2 aromatic heterocycles. The fraction of sp³-hybridized carbons (Fsp3) is 0.273. The third-order valence-corrected chi connectivity index (χ3v) is 5.57. The van der Waals surface area contributed by atoms with Gasteiger partial charge in [0.25, 0.3) is 0 Å². The summed E-state index contributed by atoms with van der Waals surface area (Å²) in [4.78, 5) is 6.86. The number of rotatable bonds is 6. The second-order valence-corrected chi connectivity index (χ2v) is 7.21. The number of nitrogens with one attached hydrogen (secondary N) is 1. The predicted molar refractivity (Wildman–Crippen MR) is 114 cm³/mol. The van der Waals surface area contributed by atoms with E-state index in [1.54, 1.807) is 7.11 Å². The Morgan fingerprint density at radius 2 is 1.93 bits per heavy atom. The molecule has 0 bridgehead atoms. The first kappa shape index (κ1) is 18.5. The van der Waals surface area contributed by atoms with Gasteiger partial charge in [0, 0.05) is 31.2 Å². The van der Waals surface area contributed by atoms with Gasteiger partial charge < -0.3 is 19.5 Å². The molecule has 4 rings (SSSR count). The Bertz CT molecular complexity index is 939. The lowest BCUT2D eigenvalue weighted by molar-refractivity contribution is 0.297. The summed E-state index contributed by atoms with van der Waals surface area (Å²) in [6, 6.07) is 18.5. The molecule has 1 aromatic carbocycles. The van der Waals surface area contributed by atoms with Gasteiger partial charge in [-0.25, -0.2) is 0 Å². The molecule has 0 aliphatic carbocycles. The SMILES string of the molecule is CCn1cccc1[C@@H]1[C@@H](c2ccccn2)NC(=S)N1Cc1ccc(OC)cc1. The molecular formula is C22H24N4OS. The molecule has 144 valence electrons. The molecule has 0 unspecified atom stereocenters. The van der Waals surface area contributed by atoms with Gasteiger partial charge in [0.1, 0.15) is 5.75 Å². The van der Waals surface area contributed by atoms with Gasteiger partial charge in [-0.2, -0.15) is 0 Å². The van der Waals surface area contributed by atoms with Crippen molar-refractivity contribution < 1.29 is 4.74 Å². The van der Waals surface area contributed by atoms with Gasteiger partial charge in [-0.15, -0.1) is 0 Å². The first-order chi connectivity index (χ1) is 13.7. The summed E-state index contributed by atoms with van der Waals surface area (Å²) >= 11 is 5.75. The number of hydrogen-bond acceptors (Lipinski definition) is 3. The van der Waals surface area contributed by atoms with Crippen molar-refractivity contribution in [2.24, 2.45) is 0 Å². The largest absolute Gasteiger partial charge is 0.497 e. The van der Waals surface area contributed by atoms with Crippen LogP contribution in [0.4, 0.5) is 0 Å². The Kier molecular flexibility index (Phi) is 5.30. The number of pyridine rings is 1. The summed E-state index contributed by atoms with van der Waals surface area (Å²) in [6.45, 7) is 3.80. The van der Waals surface area contributed by atoms with E-state index in [0.29, 0.717) is 0 Å². The number of hydrogen-bond donors (Lipinski definition) is 1. The fourth-order valence-electron chi connectivity index (χ4n) is 3.81. The van der Waals surface area contributed by atoms with Crippen LogP contribution in [0.2, 0.25) is 0 Å². The molecule has 1 N–H and O–H groups in total. The standard InChI is InChI=1S/C22H24N4OS/c1-3-25-14-6-8-19(25)21-20(18-7-4-5-13-23-18)24-22(28)26(21)15-16-9-11-17(27-2)12-10-16/h4-14,20-21H,3,15H2,1-2H3,(H,24,28)/t20-,21-/m1/s1. The van der Waals surface area contributed by atoms with Crippen molar-refractivity contribution in [2.45, 2.75) is 32.1 Å². The minimum atomic E-state index is 0.00662. The quantitative estimate of drug-likeness (QED) is 0.640. The molecule has 1 fully saturated rings. The van der Waals surface area contributed by atoms with E-state index in [0.717, 1.165) is 29.6 Å². The number of aryl methyl sites for hydroxylation is 1. The number of aromatic nitrogens is 2. The van der Waals surface area contributed by atoms with Gasteiger partial charge in [-0.05, 0) is 61.1 Å². The van der Waals surface area contributed by atoms with Crippen molar-refractivity contribution in [1.82, 2.24) is 19.8 Å². The third kappa shape index (κ3) is 3.47. The number of methoxy groups -OCH3 is 1. The normalized spacial score (nSPS) is 18.9. The Morgan fingerprint density at radius 1 is 1.11 bits per heavy atom. The van der Waals surface area contributed by atoms with Crippen molar-refractivity contribution in [3.8, 4) is 5.75 Å². The molecule has 3 heterocycles. The number of thiocarbonyl (C=S) groups is 1. The van der Waals surface area contributed by atoms with E-state index in [4.69, 9.17) is 17.0 Å². The van der Waals surface area contributed by atoms with E-state index < -0.39 is 0 Å². The predicted octanol–water partition coefficient (Wildman–Crippen LogP) is 4.08. The molecular weight excluding hydrogens is 368 g/mol. The molecule has 0 saturated carbocycles. The molecule has 0 spiro atoms. The maximum atomic E-state index is 5.75. The lowest BCUT2D eigenvalue weighted by Crippen LogP contribution is -2.30. The van der Waals surface area contributed by atoms with E-state index in [2.05, 4.69) is 63.2 Å². The molecule has 1 aliphatic rings. The van der Waals surface area contributed by atoms with E-state index in [-0.39, 0.29) is 12.1 Å². The van der Waals surface area contributed by atoms with Crippen molar-refractivity contribution in [3.05, 3.63) is 83.9 Å². The van der Waals surface area contributed by atoms with Crippen LogP contribution in [0.25, 0.3) is 0 Å². The lowest BCUT2D eigenvalue weighted by Gasteiger charge is -2.29. The number of nitrogens with zero attached hydrogens (tertiary/aromatic N) is 3. The van der Waals surface area contributed by atoms with Crippen LogP contribution in [0.1, 0.15) is 36.0 Å². The van der Waals surface area contributed by atoms with Gasteiger partial charge in [0.2, 0.25) is 0 Å². The van der Waals surface area contributed by atoms with Crippen molar-refractivity contribution in [1.29, 1.82) is 0 Å². The summed E-state index contributed by atoms with van der Waals surface area (Å²) in [6.07, 6.45) is 3.96. The molecule has 1 saturated heterocycles. The van der Waals surface area contributed by atoms with Crippen LogP contribution in [0, 0.1) is 0 Å². The van der Waals surface area contributed by atoms with Crippen LogP contribution in [0.15, 0.2) is 67.0 Å². The lowest BCUT2D eigenvalue weighted by atomic mass is 10.0. The monoisotopic (exact) mass is 392 g/mol. The third-order valence-electron chi connectivity index (χ3n) is 5.22. The van der Waals surface area contributed by atoms with Crippen LogP contribution >= 0.6 is 12.2 Å². The average Bonchev–Trinajstić information content (AvgIpc) is 3.33. The first-order valence-electron chi connectivity index (χ1n) is 9.47. The average molecular weight is 393 g/mol. The Balaban J connectivity index is 1.71. The molecule has 0 radical (unpaired) electrons. The van der Waals surface area contributed by atoms with Crippen LogP contribution < -0.4 is 10.1 Å². The highest BCUT2D eigenvalue weighted by Crippen LogP contribution is 2.39. The zero-order valence-corrected chi connectivity index (χ0v) is 16.9. The summed E-state index contributed by atoms with van der Waals surface area (Å²) in [5.41, 5.74) is 3.42. The van der Waals surface area contributed by atoms with E-state index in [1.807, 2.05) is 30.5 Å². The maximum Gasteiger partial charge on any atom is 0.170 e. The highest BCUT2D eigenvalue weighted by Gasteiger charge is 2.40. The number of ether oxygens (including phenoxy) is 1. The Labute approximate surface area is 171 Å². The highest BCUT2D eigenvalue weighted by atomic mass is 32.1. The van der Waals surface area contributed by atoms with Crippen molar-refractivity contribution in [2.75, 3.05) is 7.11 Å². The second-order valence-electron chi connectivity index (χ2n) is 6.82. The van der Waals surface area contributed by atoms with Crippen LogP contribution in [0.5, 0.6) is 5.75 Å². The maximum absolute atomic E-state index is 5.75. The van der Waals surface area contributed by atoms with Crippen LogP contribution in [-0.2, 0) is 13.1 Å². The van der Waals surface area contributed by atoms with E-state index >= 15 is 0 Å². The summed E-state index contributed by atoms with van der Waals surface area (Å²) < 4.78 is 7.56. The molecule has 28 heavy (non-hydrogen) atoms. The summed E-state index contributed by atoms with van der Waals surface area (Å²) in [5.74, 6) is 0.855. The minimum Gasteiger partial charge on any atom is -0.497 e. The highest BCUT2D eigenvalue weighted by molar-refractivity contribution is 7.80. The van der Waals surface area contributed by atoms with Gasteiger partial charge >= 0.3 is 0 Å². The summed E-state index contributed by atoms with van der Waals surface area (Å²) in [5, 5.41) is 4.26. The molecule has 3 aromatic rings. The minimum absolute atomic E-state index is 0.00662. The van der Waals surface area contributed by atoms with Gasteiger partial charge in [0.05, 0.1) is 24.9 Å². The first-order valence-corrected chi connectivity index (χ1v) is 9.88. The van der Waals surface area contributed by atoms with Crippen molar-refractivity contribution >= 4 is 17.3 Å². The molecule has 1 aliphatic heterocycles. The Hall–Kier alpha value is -2.86. The van der Waals surface area contributed by atoms with Gasteiger partial charge in [-0.3, -0.25) is 4.98 Å². The van der Waals surface area contributed by atoms with Gasteiger partial charge in [0.15, 0.2) is 5.11 Å². The number of benzene rings is 1.